The predicted molar refractivity (Wildman–Crippen MR) is 68.0 cm³/mol. The number of primary amides is 1. The van der Waals surface area contributed by atoms with Gasteiger partial charge in [0.25, 0.3) is 0 Å². The Balaban J connectivity index is 1.98. The van der Waals surface area contributed by atoms with Crippen LogP contribution < -0.4 is 5.73 Å². The number of nitrogens with two attached hydrogens (primary N) is 1. The highest BCUT2D eigenvalue weighted by Gasteiger charge is 2.42. The van der Waals surface area contributed by atoms with Gasteiger partial charge in [0.2, 0.25) is 5.91 Å². The maximum absolute atomic E-state index is 10.9. The summed E-state index contributed by atoms with van der Waals surface area (Å²) in [5.41, 5.74) is 6.59. The van der Waals surface area contributed by atoms with Crippen LogP contribution in [0.1, 0.15) is 31.2 Å². The van der Waals surface area contributed by atoms with Gasteiger partial charge in [0.1, 0.15) is 0 Å². The van der Waals surface area contributed by atoms with E-state index in [9.17, 15) is 4.79 Å². The summed E-state index contributed by atoms with van der Waals surface area (Å²) >= 11 is 3.48. The lowest BCUT2D eigenvalue weighted by molar-refractivity contribution is -0.118. The largest absolute Gasteiger partial charge is 0.370 e. The second-order valence-corrected chi connectivity index (χ2v) is 5.62. The molecule has 0 saturated heterocycles. The molecule has 1 aliphatic rings. The van der Waals surface area contributed by atoms with E-state index in [0.29, 0.717) is 24.2 Å². The van der Waals surface area contributed by atoms with E-state index < -0.39 is 0 Å². The molecular weight excluding hydrogens is 266 g/mol. The van der Waals surface area contributed by atoms with E-state index in [2.05, 4.69) is 41.1 Å². The summed E-state index contributed by atoms with van der Waals surface area (Å²) in [6.45, 7) is 2.12. The lowest BCUT2D eigenvalue weighted by Crippen LogP contribution is -2.16. The zero-order valence-electron chi connectivity index (χ0n) is 9.32. The highest BCUT2D eigenvalue weighted by atomic mass is 79.9. The van der Waals surface area contributed by atoms with Crippen molar-refractivity contribution in [1.29, 1.82) is 0 Å². The molecule has 0 bridgehead atoms. The average molecular weight is 282 g/mol. The summed E-state index contributed by atoms with van der Waals surface area (Å²) < 4.78 is 1.12. The van der Waals surface area contributed by atoms with Crippen LogP contribution in [0, 0.1) is 11.8 Å². The quantitative estimate of drug-likeness (QED) is 0.906. The molecule has 2 nitrogen and oxygen atoms in total. The number of carbonyl (C=O) groups excluding carboxylic acids is 1. The molecule has 0 spiro atoms. The van der Waals surface area contributed by atoms with Crippen LogP contribution in [0.2, 0.25) is 0 Å². The second kappa shape index (κ2) is 4.58. The van der Waals surface area contributed by atoms with Crippen LogP contribution >= 0.6 is 15.9 Å². The lowest BCUT2D eigenvalue weighted by Gasteiger charge is -2.08. The number of benzene rings is 1. The van der Waals surface area contributed by atoms with Crippen molar-refractivity contribution in [2.75, 3.05) is 0 Å². The van der Waals surface area contributed by atoms with Crippen LogP contribution in [-0.4, -0.2) is 5.91 Å². The fourth-order valence-electron chi connectivity index (χ4n) is 2.43. The molecule has 1 saturated carbocycles. The monoisotopic (exact) mass is 281 g/mol. The fourth-order valence-corrected chi connectivity index (χ4v) is 2.85. The highest BCUT2D eigenvalue weighted by molar-refractivity contribution is 9.10. The van der Waals surface area contributed by atoms with Gasteiger partial charge in [-0.15, -0.1) is 0 Å². The first-order valence-corrected chi connectivity index (χ1v) is 6.41. The van der Waals surface area contributed by atoms with Crippen molar-refractivity contribution in [3.05, 3.63) is 34.3 Å². The van der Waals surface area contributed by atoms with Gasteiger partial charge in [-0.05, 0) is 41.9 Å². The summed E-state index contributed by atoms with van der Waals surface area (Å²) in [7, 11) is 0. The molecule has 1 fully saturated rings. The number of rotatable bonds is 4. The molecule has 1 aromatic carbocycles. The summed E-state index contributed by atoms with van der Waals surface area (Å²) in [4.78, 5) is 10.9. The van der Waals surface area contributed by atoms with Gasteiger partial charge in [-0.2, -0.15) is 0 Å². The van der Waals surface area contributed by atoms with Gasteiger partial charge >= 0.3 is 0 Å². The van der Waals surface area contributed by atoms with Gasteiger partial charge < -0.3 is 5.73 Å². The molecule has 2 rings (SSSR count). The number of hydrogen-bond donors (Lipinski definition) is 1. The van der Waals surface area contributed by atoms with E-state index in [-0.39, 0.29) is 5.91 Å². The molecule has 1 aliphatic carbocycles. The van der Waals surface area contributed by atoms with E-state index in [1.54, 1.807) is 0 Å². The Hall–Kier alpha value is -0.830. The third-order valence-corrected chi connectivity index (χ3v) is 3.86. The summed E-state index contributed by atoms with van der Waals surface area (Å²) in [5, 5.41) is 0. The summed E-state index contributed by atoms with van der Waals surface area (Å²) in [6.07, 6.45) is 1.69. The standard InChI is InChI=1S/C13H16BrNO/c1-8(5-13(15)16)11-7-12(11)9-3-2-4-10(14)6-9/h2-4,6,8,11-12H,5,7H2,1H3,(H2,15,16). The van der Waals surface area contributed by atoms with Crippen molar-refractivity contribution in [2.24, 2.45) is 17.6 Å². The SMILES string of the molecule is CC(CC(N)=O)C1CC1c1cccc(Br)c1. The predicted octanol–water partition coefficient (Wildman–Crippen LogP) is 3.06. The molecule has 1 aromatic rings. The molecule has 0 radical (unpaired) electrons. The van der Waals surface area contributed by atoms with Crippen LogP contribution in [0.5, 0.6) is 0 Å². The van der Waals surface area contributed by atoms with Crippen LogP contribution in [0.15, 0.2) is 28.7 Å². The number of carbonyl (C=O) groups is 1. The topological polar surface area (TPSA) is 43.1 Å². The zero-order chi connectivity index (χ0) is 11.7. The Labute approximate surface area is 104 Å². The van der Waals surface area contributed by atoms with E-state index in [1.807, 2.05) is 6.07 Å². The van der Waals surface area contributed by atoms with E-state index in [4.69, 9.17) is 5.73 Å². The Morgan fingerprint density at radius 1 is 1.62 bits per heavy atom. The molecule has 86 valence electrons. The molecule has 0 heterocycles. The molecule has 1 amide bonds. The molecule has 3 unspecified atom stereocenters. The Bertz CT molecular complexity index is 405. The van der Waals surface area contributed by atoms with Gasteiger partial charge in [0, 0.05) is 10.9 Å². The van der Waals surface area contributed by atoms with Crippen molar-refractivity contribution in [1.82, 2.24) is 0 Å². The number of hydrogen-bond acceptors (Lipinski definition) is 1. The van der Waals surface area contributed by atoms with E-state index in [1.165, 1.54) is 12.0 Å². The Kier molecular flexibility index (Phi) is 3.33. The van der Waals surface area contributed by atoms with Gasteiger partial charge in [-0.25, -0.2) is 0 Å². The molecule has 3 heteroatoms. The zero-order valence-corrected chi connectivity index (χ0v) is 10.9. The third kappa shape index (κ3) is 2.64. The van der Waals surface area contributed by atoms with E-state index in [0.717, 1.165) is 4.47 Å². The van der Waals surface area contributed by atoms with Crippen molar-refractivity contribution < 1.29 is 4.79 Å². The fraction of sp³-hybridized carbons (Fsp3) is 0.462. The molecular formula is C13H16BrNO. The molecule has 0 aliphatic heterocycles. The lowest BCUT2D eigenvalue weighted by atomic mass is 9.98. The maximum Gasteiger partial charge on any atom is 0.217 e. The van der Waals surface area contributed by atoms with Crippen LogP contribution in [-0.2, 0) is 4.79 Å². The van der Waals surface area contributed by atoms with Crippen molar-refractivity contribution >= 4 is 21.8 Å². The first-order valence-electron chi connectivity index (χ1n) is 5.61. The molecule has 0 aromatic heterocycles. The second-order valence-electron chi connectivity index (χ2n) is 4.71. The number of halogens is 1. The number of amides is 1. The minimum absolute atomic E-state index is 0.188. The van der Waals surface area contributed by atoms with Crippen LogP contribution in [0.4, 0.5) is 0 Å². The molecule has 3 atom stereocenters. The first kappa shape index (κ1) is 11.6. The minimum atomic E-state index is -0.188. The van der Waals surface area contributed by atoms with Crippen LogP contribution in [0.25, 0.3) is 0 Å². The smallest absolute Gasteiger partial charge is 0.217 e. The molecule has 16 heavy (non-hydrogen) atoms. The van der Waals surface area contributed by atoms with Gasteiger partial charge in [0.15, 0.2) is 0 Å². The van der Waals surface area contributed by atoms with Gasteiger partial charge in [-0.1, -0.05) is 35.0 Å². The van der Waals surface area contributed by atoms with Crippen molar-refractivity contribution in [3.8, 4) is 0 Å². The van der Waals surface area contributed by atoms with Crippen molar-refractivity contribution in [2.45, 2.75) is 25.7 Å². The summed E-state index contributed by atoms with van der Waals surface area (Å²) in [6, 6.07) is 8.43. The highest BCUT2D eigenvalue weighted by Crippen LogP contribution is 2.52. The van der Waals surface area contributed by atoms with Crippen molar-refractivity contribution in [3.63, 3.8) is 0 Å². The maximum atomic E-state index is 10.9. The van der Waals surface area contributed by atoms with E-state index >= 15 is 0 Å². The average Bonchev–Trinajstić information content (AvgIpc) is 2.95. The molecule has 2 N–H and O–H groups in total. The van der Waals surface area contributed by atoms with Crippen LogP contribution in [0.3, 0.4) is 0 Å². The first-order chi connectivity index (χ1) is 7.58. The third-order valence-electron chi connectivity index (χ3n) is 3.37. The normalized spacial score (nSPS) is 25.1. The van der Waals surface area contributed by atoms with Gasteiger partial charge in [-0.3, -0.25) is 4.79 Å². The Morgan fingerprint density at radius 3 is 3.00 bits per heavy atom. The minimum Gasteiger partial charge on any atom is -0.370 e. The summed E-state index contributed by atoms with van der Waals surface area (Å²) in [5.74, 6) is 1.46. The Morgan fingerprint density at radius 2 is 2.38 bits per heavy atom. The van der Waals surface area contributed by atoms with Gasteiger partial charge in [0.05, 0.1) is 0 Å².